The fourth-order valence-electron chi connectivity index (χ4n) is 2.04. The predicted octanol–water partition coefficient (Wildman–Crippen LogP) is 0.0844. The lowest BCUT2D eigenvalue weighted by Crippen LogP contribution is -2.44. The molecule has 0 bridgehead atoms. The minimum Gasteiger partial charge on any atom is -0.441 e. The summed E-state index contributed by atoms with van der Waals surface area (Å²) in [7, 11) is 0. The van der Waals surface area contributed by atoms with Crippen LogP contribution in [0.2, 0.25) is 0 Å². The zero-order valence-electron chi connectivity index (χ0n) is 7.95. The molecule has 1 spiro atoms. The van der Waals surface area contributed by atoms with Crippen LogP contribution >= 0.6 is 0 Å². The van der Waals surface area contributed by atoms with Crippen molar-refractivity contribution in [3.05, 3.63) is 0 Å². The summed E-state index contributed by atoms with van der Waals surface area (Å²) in [5, 5.41) is 11.7. The Labute approximate surface area is 82.6 Å². The van der Waals surface area contributed by atoms with E-state index in [0.29, 0.717) is 6.54 Å². The normalized spacial score (nSPS) is 24.8. The number of hydrogen-bond acceptors (Lipinski definition) is 4. The predicted molar refractivity (Wildman–Crippen MR) is 48.5 cm³/mol. The topological polar surface area (TPSA) is 65.4 Å². The third-order valence-corrected chi connectivity index (χ3v) is 2.82. The molecule has 2 fully saturated rings. The number of nitrogens with zero attached hydrogens (tertiary/aromatic N) is 2. The molecule has 0 atom stereocenters. The van der Waals surface area contributed by atoms with Gasteiger partial charge in [0.1, 0.15) is 12.1 Å². The van der Waals surface area contributed by atoms with E-state index in [1.165, 1.54) is 4.90 Å². The molecule has 5 nitrogen and oxygen atoms in total. The number of nitriles is 1. The Kier molecular flexibility index (Phi) is 2.30. The first-order valence-electron chi connectivity index (χ1n) is 4.81. The second kappa shape index (κ2) is 3.46. The fourth-order valence-corrected chi connectivity index (χ4v) is 2.04. The van der Waals surface area contributed by atoms with Gasteiger partial charge in [-0.2, -0.15) is 5.26 Å². The van der Waals surface area contributed by atoms with Gasteiger partial charge in [-0.25, -0.2) is 4.79 Å². The highest BCUT2D eigenvalue weighted by molar-refractivity contribution is 5.71. The van der Waals surface area contributed by atoms with E-state index in [-0.39, 0.29) is 18.2 Å². The lowest BCUT2D eigenvalue weighted by molar-refractivity contribution is 0.0316. The summed E-state index contributed by atoms with van der Waals surface area (Å²) in [5.41, 5.74) is -0.320. The van der Waals surface area contributed by atoms with Crippen molar-refractivity contribution in [1.29, 1.82) is 5.26 Å². The summed E-state index contributed by atoms with van der Waals surface area (Å²) in [6.07, 6.45) is 1.36. The van der Waals surface area contributed by atoms with Crippen molar-refractivity contribution in [3.8, 4) is 6.07 Å². The summed E-state index contributed by atoms with van der Waals surface area (Å²) < 4.78 is 5.35. The molecule has 5 heteroatoms. The quantitative estimate of drug-likeness (QED) is 0.602. The van der Waals surface area contributed by atoms with Gasteiger partial charge in [0.15, 0.2) is 0 Å². The van der Waals surface area contributed by atoms with Gasteiger partial charge in [-0.1, -0.05) is 0 Å². The molecule has 76 valence electrons. The molecule has 1 N–H and O–H groups in total. The summed E-state index contributed by atoms with van der Waals surface area (Å²) in [4.78, 5) is 12.8. The standard InChI is InChI=1S/C9H13N3O2/c10-3-6-12-7-9(14-8(12)13)1-4-11-5-2-9/h11H,1-2,4-7H2. The Balaban J connectivity index is 2.04. The van der Waals surface area contributed by atoms with E-state index >= 15 is 0 Å². The average molecular weight is 195 g/mol. The summed E-state index contributed by atoms with van der Waals surface area (Å²) >= 11 is 0. The number of amides is 1. The van der Waals surface area contributed by atoms with Crippen LogP contribution in [-0.4, -0.2) is 42.8 Å². The first-order valence-corrected chi connectivity index (χ1v) is 4.81. The zero-order chi connectivity index (χ0) is 10.0. The highest BCUT2D eigenvalue weighted by Crippen LogP contribution is 2.30. The van der Waals surface area contributed by atoms with Crippen molar-refractivity contribution in [2.75, 3.05) is 26.2 Å². The third kappa shape index (κ3) is 1.53. The van der Waals surface area contributed by atoms with Crippen LogP contribution in [0, 0.1) is 11.3 Å². The monoisotopic (exact) mass is 195 g/mol. The molecule has 0 unspecified atom stereocenters. The van der Waals surface area contributed by atoms with Gasteiger partial charge in [-0.15, -0.1) is 0 Å². The average Bonchev–Trinajstić information content (AvgIpc) is 2.45. The van der Waals surface area contributed by atoms with Crippen molar-refractivity contribution in [2.45, 2.75) is 18.4 Å². The van der Waals surface area contributed by atoms with Gasteiger partial charge < -0.3 is 10.1 Å². The molecular formula is C9H13N3O2. The van der Waals surface area contributed by atoms with Gasteiger partial charge in [0.2, 0.25) is 0 Å². The van der Waals surface area contributed by atoms with Crippen molar-refractivity contribution in [3.63, 3.8) is 0 Å². The highest BCUT2D eigenvalue weighted by Gasteiger charge is 2.45. The first kappa shape index (κ1) is 9.28. The molecule has 0 aromatic rings. The third-order valence-electron chi connectivity index (χ3n) is 2.82. The molecule has 2 aliphatic heterocycles. The minimum atomic E-state index is -0.339. The van der Waals surface area contributed by atoms with Crippen LogP contribution in [0.5, 0.6) is 0 Å². The maximum Gasteiger partial charge on any atom is 0.411 e. The Morgan fingerprint density at radius 1 is 1.57 bits per heavy atom. The molecule has 0 aliphatic carbocycles. The number of carbonyl (C=O) groups is 1. The maximum atomic E-state index is 11.4. The van der Waals surface area contributed by atoms with Crippen molar-refractivity contribution < 1.29 is 9.53 Å². The SMILES string of the molecule is N#CCN1CC2(CCNCC2)OC1=O. The highest BCUT2D eigenvalue weighted by atomic mass is 16.6. The van der Waals surface area contributed by atoms with Gasteiger partial charge in [0.05, 0.1) is 12.6 Å². The number of hydrogen-bond donors (Lipinski definition) is 1. The van der Waals surface area contributed by atoms with Gasteiger partial charge in [-0.05, 0) is 13.1 Å². The van der Waals surface area contributed by atoms with E-state index in [0.717, 1.165) is 25.9 Å². The molecule has 0 aromatic carbocycles. The molecule has 2 saturated heterocycles. The summed E-state index contributed by atoms with van der Waals surface area (Å²) in [6.45, 7) is 2.47. The Hall–Kier alpha value is -1.28. The first-order chi connectivity index (χ1) is 6.76. The Bertz CT molecular complexity index is 278. The second-order valence-corrected chi connectivity index (χ2v) is 3.82. The number of nitrogens with one attached hydrogen (secondary N) is 1. The second-order valence-electron chi connectivity index (χ2n) is 3.82. The van der Waals surface area contributed by atoms with E-state index in [1.54, 1.807) is 0 Å². The number of piperidine rings is 1. The van der Waals surface area contributed by atoms with Crippen LogP contribution in [0.4, 0.5) is 4.79 Å². The van der Waals surface area contributed by atoms with Gasteiger partial charge in [-0.3, -0.25) is 4.90 Å². The van der Waals surface area contributed by atoms with Crippen LogP contribution in [0.3, 0.4) is 0 Å². The van der Waals surface area contributed by atoms with Crippen molar-refractivity contribution >= 4 is 6.09 Å². The maximum absolute atomic E-state index is 11.4. The molecule has 0 saturated carbocycles. The van der Waals surface area contributed by atoms with E-state index in [1.807, 2.05) is 6.07 Å². The zero-order valence-corrected chi connectivity index (χ0v) is 7.95. The van der Waals surface area contributed by atoms with Crippen LogP contribution in [0.1, 0.15) is 12.8 Å². The number of ether oxygens (including phenoxy) is 1. The molecule has 0 radical (unpaired) electrons. The minimum absolute atomic E-state index is 0.133. The molecule has 2 heterocycles. The largest absolute Gasteiger partial charge is 0.441 e. The Morgan fingerprint density at radius 3 is 2.93 bits per heavy atom. The lowest BCUT2D eigenvalue weighted by Gasteiger charge is -2.31. The van der Waals surface area contributed by atoms with Crippen LogP contribution in [0.15, 0.2) is 0 Å². The smallest absolute Gasteiger partial charge is 0.411 e. The van der Waals surface area contributed by atoms with E-state index in [2.05, 4.69) is 5.32 Å². The van der Waals surface area contributed by atoms with Crippen LogP contribution in [-0.2, 0) is 4.74 Å². The van der Waals surface area contributed by atoms with Gasteiger partial charge in [0, 0.05) is 12.8 Å². The van der Waals surface area contributed by atoms with Crippen LogP contribution in [0.25, 0.3) is 0 Å². The molecular weight excluding hydrogens is 182 g/mol. The molecule has 14 heavy (non-hydrogen) atoms. The van der Waals surface area contributed by atoms with E-state index < -0.39 is 0 Å². The summed E-state index contributed by atoms with van der Waals surface area (Å²) in [6, 6.07) is 1.97. The molecule has 0 aromatic heterocycles. The van der Waals surface area contributed by atoms with E-state index in [4.69, 9.17) is 10.00 Å². The lowest BCUT2D eigenvalue weighted by atomic mass is 9.92. The van der Waals surface area contributed by atoms with Crippen molar-refractivity contribution in [2.24, 2.45) is 0 Å². The van der Waals surface area contributed by atoms with Gasteiger partial charge >= 0.3 is 6.09 Å². The molecule has 2 rings (SSSR count). The van der Waals surface area contributed by atoms with Crippen LogP contribution < -0.4 is 5.32 Å². The van der Waals surface area contributed by atoms with Crippen molar-refractivity contribution in [1.82, 2.24) is 10.2 Å². The Morgan fingerprint density at radius 2 is 2.29 bits per heavy atom. The number of carbonyl (C=O) groups excluding carboxylic acids is 1. The van der Waals surface area contributed by atoms with E-state index in [9.17, 15) is 4.79 Å². The fraction of sp³-hybridized carbons (Fsp3) is 0.778. The van der Waals surface area contributed by atoms with Gasteiger partial charge in [0.25, 0.3) is 0 Å². The molecule has 1 amide bonds. The molecule has 2 aliphatic rings. The summed E-state index contributed by atoms with van der Waals surface area (Å²) in [5.74, 6) is 0. The number of rotatable bonds is 1.